The number of hydrogen-bond acceptors (Lipinski definition) is 5. The molecule has 0 spiro atoms. The molecule has 0 saturated heterocycles. The second-order valence-corrected chi connectivity index (χ2v) is 5.72. The summed E-state index contributed by atoms with van der Waals surface area (Å²) in [5, 5.41) is 0. The average Bonchev–Trinajstić information content (AvgIpc) is 3.14. The van der Waals surface area contributed by atoms with Crippen LogP contribution < -0.4 is 14.2 Å². The van der Waals surface area contributed by atoms with Gasteiger partial charge in [0.05, 0.1) is 0 Å². The summed E-state index contributed by atoms with van der Waals surface area (Å²) in [6.45, 7) is 2.75. The molecule has 4 rings (SSSR count). The summed E-state index contributed by atoms with van der Waals surface area (Å²) in [4.78, 5) is 9.15. The Bertz CT molecular complexity index is 881. The molecule has 1 aliphatic rings. The molecule has 1 aromatic heterocycles. The fourth-order valence-electron chi connectivity index (χ4n) is 2.63. The summed E-state index contributed by atoms with van der Waals surface area (Å²) in [6.07, 6.45) is 0.822. The van der Waals surface area contributed by atoms with E-state index in [0.29, 0.717) is 18.3 Å². The average molecular weight is 334 g/mol. The SMILES string of the molecule is CCc1cc(OCc2ccc3c(c2)OCO3)nc(-c2ccccc2)n1. The largest absolute Gasteiger partial charge is 0.473 e. The van der Waals surface area contributed by atoms with Gasteiger partial charge >= 0.3 is 0 Å². The number of rotatable bonds is 5. The summed E-state index contributed by atoms with van der Waals surface area (Å²) in [6, 6.07) is 17.6. The third-order valence-corrected chi connectivity index (χ3v) is 3.97. The lowest BCUT2D eigenvalue weighted by atomic mass is 10.2. The van der Waals surface area contributed by atoms with Gasteiger partial charge < -0.3 is 14.2 Å². The van der Waals surface area contributed by atoms with E-state index in [4.69, 9.17) is 14.2 Å². The fraction of sp³-hybridized carbons (Fsp3) is 0.200. The molecule has 5 heteroatoms. The van der Waals surface area contributed by atoms with Gasteiger partial charge in [-0.15, -0.1) is 0 Å². The van der Waals surface area contributed by atoms with Crippen molar-refractivity contribution < 1.29 is 14.2 Å². The van der Waals surface area contributed by atoms with E-state index in [9.17, 15) is 0 Å². The van der Waals surface area contributed by atoms with Crippen LogP contribution in [-0.4, -0.2) is 16.8 Å². The van der Waals surface area contributed by atoms with Crippen LogP contribution in [0.25, 0.3) is 11.4 Å². The molecule has 0 aliphatic carbocycles. The molecule has 1 aliphatic heterocycles. The Labute approximate surface area is 146 Å². The summed E-state index contributed by atoms with van der Waals surface area (Å²) >= 11 is 0. The minimum Gasteiger partial charge on any atom is -0.473 e. The third kappa shape index (κ3) is 3.40. The van der Waals surface area contributed by atoms with Crippen LogP contribution in [0, 0.1) is 0 Å². The van der Waals surface area contributed by atoms with Crippen LogP contribution in [0.2, 0.25) is 0 Å². The smallest absolute Gasteiger partial charge is 0.231 e. The molecular weight excluding hydrogens is 316 g/mol. The molecule has 126 valence electrons. The lowest BCUT2D eigenvalue weighted by Gasteiger charge is -2.09. The van der Waals surface area contributed by atoms with Crippen molar-refractivity contribution in [1.29, 1.82) is 0 Å². The van der Waals surface area contributed by atoms with Crippen molar-refractivity contribution in [3.05, 3.63) is 65.9 Å². The second-order valence-electron chi connectivity index (χ2n) is 5.72. The molecule has 5 nitrogen and oxygen atoms in total. The molecule has 0 bridgehead atoms. The van der Waals surface area contributed by atoms with E-state index in [1.807, 2.05) is 54.6 Å². The van der Waals surface area contributed by atoms with Crippen molar-refractivity contribution in [2.45, 2.75) is 20.0 Å². The van der Waals surface area contributed by atoms with Gasteiger partial charge in [-0.1, -0.05) is 43.3 Å². The minimum atomic E-state index is 0.270. The Morgan fingerprint density at radius 2 is 1.80 bits per heavy atom. The summed E-state index contributed by atoms with van der Waals surface area (Å²) in [5.74, 6) is 2.78. The molecule has 0 amide bonds. The van der Waals surface area contributed by atoms with E-state index in [1.54, 1.807) is 0 Å². The number of hydrogen-bond donors (Lipinski definition) is 0. The maximum atomic E-state index is 5.91. The topological polar surface area (TPSA) is 53.5 Å². The highest BCUT2D eigenvalue weighted by Gasteiger charge is 2.14. The van der Waals surface area contributed by atoms with Crippen LogP contribution in [0.5, 0.6) is 17.4 Å². The molecule has 2 aromatic carbocycles. The Morgan fingerprint density at radius 3 is 2.64 bits per heavy atom. The van der Waals surface area contributed by atoms with E-state index in [0.717, 1.165) is 34.7 Å². The van der Waals surface area contributed by atoms with Crippen molar-refractivity contribution in [1.82, 2.24) is 9.97 Å². The van der Waals surface area contributed by atoms with Crippen LogP contribution >= 0.6 is 0 Å². The number of ether oxygens (including phenoxy) is 3. The van der Waals surface area contributed by atoms with Gasteiger partial charge in [0.1, 0.15) is 6.61 Å². The van der Waals surface area contributed by atoms with E-state index in [-0.39, 0.29) is 6.79 Å². The zero-order valence-electron chi connectivity index (χ0n) is 13.9. The second kappa shape index (κ2) is 6.81. The zero-order valence-corrected chi connectivity index (χ0v) is 13.9. The maximum Gasteiger partial charge on any atom is 0.231 e. The molecular formula is C20H18N2O3. The van der Waals surface area contributed by atoms with Gasteiger partial charge in [0.25, 0.3) is 0 Å². The molecule has 0 radical (unpaired) electrons. The normalized spacial score (nSPS) is 12.2. The molecule has 0 N–H and O–H groups in total. The maximum absolute atomic E-state index is 5.91. The van der Waals surface area contributed by atoms with Gasteiger partial charge in [-0.3, -0.25) is 0 Å². The Kier molecular flexibility index (Phi) is 4.21. The Hall–Kier alpha value is -3.08. The van der Waals surface area contributed by atoms with E-state index in [2.05, 4.69) is 16.9 Å². The molecule has 2 heterocycles. The predicted molar refractivity (Wildman–Crippen MR) is 93.7 cm³/mol. The molecule has 25 heavy (non-hydrogen) atoms. The van der Waals surface area contributed by atoms with Gasteiger partial charge in [0.15, 0.2) is 17.3 Å². The first-order valence-electron chi connectivity index (χ1n) is 8.26. The van der Waals surface area contributed by atoms with Crippen molar-refractivity contribution in [3.63, 3.8) is 0 Å². The highest BCUT2D eigenvalue weighted by Crippen LogP contribution is 2.32. The van der Waals surface area contributed by atoms with Gasteiger partial charge in [0, 0.05) is 17.3 Å². The first-order chi connectivity index (χ1) is 12.3. The Balaban J connectivity index is 1.55. The van der Waals surface area contributed by atoms with Crippen LogP contribution in [-0.2, 0) is 13.0 Å². The zero-order chi connectivity index (χ0) is 17.1. The minimum absolute atomic E-state index is 0.270. The number of fused-ring (bicyclic) bond motifs is 1. The van der Waals surface area contributed by atoms with Gasteiger partial charge in [-0.25, -0.2) is 4.98 Å². The standard InChI is InChI=1S/C20H18N2O3/c1-2-16-11-19(22-20(21-16)15-6-4-3-5-7-15)23-12-14-8-9-17-18(10-14)25-13-24-17/h3-11H,2,12-13H2,1H3. The van der Waals surface area contributed by atoms with E-state index in [1.165, 1.54) is 0 Å². The monoisotopic (exact) mass is 334 g/mol. The van der Waals surface area contributed by atoms with Crippen molar-refractivity contribution >= 4 is 0 Å². The van der Waals surface area contributed by atoms with E-state index < -0.39 is 0 Å². The lowest BCUT2D eigenvalue weighted by Crippen LogP contribution is -2.02. The molecule has 0 fully saturated rings. The first-order valence-corrected chi connectivity index (χ1v) is 8.26. The van der Waals surface area contributed by atoms with Gasteiger partial charge in [-0.2, -0.15) is 4.98 Å². The number of benzene rings is 2. The number of aromatic nitrogens is 2. The third-order valence-electron chi connectivity index (χ3n) is 3.97. The van der Waals surface area contributed by atoms with Crippen molar-refractivity contribution in [2.24, 2.45) is 0 Å². The highest BCUT2D eigenvalue weighted by atomic mass is 16.7. The molecule has 0 atom stereocenters. The number of aryl methyl sites for hydroxylation is 1. The summed E-state index contributed by atoms with van der Waals surface area (Å²) in [5.41, 5.74) is 2.93. The highest BCUT2D eigenvalue weighted by molar-refractivity contribution is 5.55. The summed E-state index contributed by atoms with van der Waals surface area (Å²) < 4.78 is 16.6. The van der Waals surface area contributed by atoms with Gasteiger partial charge in [0.2, 0.25) is 12.7 Å². The van der Waals surface area contributed by atoms with Crippen molar-refractivity contribution in [3.8, 4) is 28.8 Å². The fourth-order valence-corrected chi connectivity index (χ4v) is 2.63. The van der Waals surface area contributed by atoms with Crippen molar-refractivity contribution in [2.75, 3.05) is 6.79 Å². The molecule has 0 unspecified atom stereocenters. The molecule has 0 saturated carbocycles. The van der Waals surface area contributed by atoms with Gasteiger partial charge in [-0.05, 0) is 24.1 Å². The molecule has 3 aromatic rings. The van der Waals surface area contributed by atoms with Crippen LogP contribution in [0.1, 0.15) is 18.2 Å². The predicted octanol–water partition coefficient (Wildman–Crippen LogP) is 4.01. The van der Waals surface area contributed by atoms with Crippen LogP contribution in [0.15, 0.2) is 54.6 Å². The van der Waals surface area contributed by atoms with Crippen LogP contribution in [0.3, 0.4) is 0 Å². The Morgan fingerprint density at radius 1 is 0.960 bits per heavy atom. The quantitative estimate of drug-likeness (QED) is 0.705. The van der Waals surface area contributed by atoms with E-state index >= 15 is 0 Å². The first kappa shape index (κ1) is 15.4. The summed E-state index contributed by atoms with van der Waals surface area (Å²) in [7, 11) is 0. The van der Waals surface area contributed by atoms with Crippen LogP contribution in [0.4, 0.5) is 0 Å². The lowest BCUT2D eigenvalue weighted by molar-refractivity contribution is 0.174. The number of nitrogens with zero attached hydrogens (tertiary/aromatic N) is 2.